The number of aromatic nitrogens is 1. The molecule has 126 valence electrons. The van der Waals surface area contributed by atoms with Gasteiger partial charge in [-0.05, 0) is 48.7 Å². The number of nitrogens with zero attached hydrogens (tertiary/aromatic N) is 2. The van der Waals surface area contributed by atoms with Crippen LogP contribution in [0.4, 0.5) is 15.8 Å². The Balaban J connectivity index is 1.56. The summed E-state index contributed by atoms with van der Waals surface area (Å²) in [7, 11) is 0. The van der Waals surface area contributed by atoms with E-state index in [4.69, 9.17) is 0 Å². The smallest absolute Gasteiger partial charge is 0.243 e. The van der Waals surface area contributed by atoms with E-state index in [9.17, 15) is 9.18 Å². The predicted molar refractivity (Wildman–Crippen MR) is 97.3 cm³/mol. The molecule has 0 unspecified atom stereocenters. The molecule has 1 N–H and O–H groups in total. The Kier molecular flexibility index (Phi) is 4.06. The van der Waals surface area contributed by atoms with Crippen molar-refractivity contribution in [1.29, 1.82) is 0 Å². The number of benzene rings is 2. The molecule has 3 aromatic rings. The van der Waals surface area contributed by atoms with Gasteiger partial charge in [-0.15, -0.1) is 0 Å². The summed E-state index contributed by atoms with van der Waals surface area (Å²) in [5.74, 6) is -0.424. The van der Waals surface area contributed by atoms with Crippen LogP contribution in [0.25, 0.3) is 10.9 Å². The van der Waals surface area contributed by atoms with Crippen molar-refractivity contribution in [1.82, 2.24) is 4.98 Å². The molecule has 0 saturated heterocycles. The van der Waals surface area contributed by atoms with Gasteiger partial charge in [0.05, 0.1) is 23.4 Å². The number of carbonyl (C=O) groups is 1. The first kappa shape index (κ1) is 15.6. The Morgan fingerprint density at radius 1 is 1.16 bits per heavy atom. The van der Waals surface area contributed by atoms with Gasteiger partial charge >= 0.3 is 0 Å². The molecule has 1 aliphatic rings. The molecule has 0 aliphatic carbocycles. The van der Waals surface area contributed by atoms with E-state index in [0.29, 0.717) is 12.2 Å². The Labute approximate surface area is 145 Å². The van der Waals surface area contributed by atoms with E-state index in [1.54, 1.807) is 12.3 Å². The normalized spacial score (nSPS) is 13.6. The summed E-state index contributed by atoms with van der Waals surface area (Å²) in [4.78, 5) is 18.7. The van der Waals surface area contributed by atoms with Crippen LogP contribution in [0, 0.1) is 5.82 Å². The number of carbonyl (C=O) groups excluding carboxylic acids is 1. The van der Waals surface area contributed by atoms with Crippen LogP contribution in [0.5, 0.6) is 0 Å². The molecule has 2 heterocycles. The minimum Gasteiger partial charge on any atom is -0.360 e. The number of aryl methyl sites for hydroxylation is 1. The van der Waals surface area contributed by atoms with E-state index < -0.39 is 0 Å². The lowest BCUT2D eigenvalue weighted by molar-refractivity contribution is -0.115. The summed E-state index contributed by atoms with van der Waals surface area (Å²) in [5.41, 5.74) is 3.08. The Bertz CT molecular complexity index is 936. The molecule has 4 rings (SSSR count). The van der Waals surface area contributed by atoms with Crippen LogP contribution >= 0.6 is 0 Å². The second-order valence-corrected chi connectivity index (χ2v) is 6.20. The highest BCUT2D eigenvalue weighted by Gasteiger charge is 2.22. The molecule has 4 nitrogen and oxygen atoms in total. The molecule has 0 bridgehead atoms. The fourth-order valence-corrected chi connectivity index (χ4v) is 3.42. The highest BCUT2D eigenvalue weighted by atomic mass is 19.1. The second kappa shape index (κ2) is 6.51. The third-order valence-electron chi connectivity index (χ3n) is 4.51. The van der Waals surface area contributed by atoms with Gasteiger partial charge in [-0.1, -0.05) is 18.2 Å². The van der Waals surface area contributed by atoms with Gasteiger partial charge in [0.1, 0.15) is 5.82 Å². The van der Waals surface area contributed by atoms with Gasteiger partial charge in [0.15, 0.2) is 0 Å². The fourth-order valence-electron chi connectivity index (χ4n) is 3.42. The first-order valence-electron chi connectivity index (χ1n) is 8.38. The number of rotatable bonds is 3. The zero-order valence-electron chi connectivity index (χ0n) is 13.7. The molecule has 0 radical (unpaired) electrons. The van der Waals surface area contributed by atoms with Crippen LogP contribution in [0.3, 0.4) is 0 Å². The number of amides is 1. The number of para-hydroxylation sites is 1. The molecule has 0 fully saturated rings. The molecule has 1 aromatic heterocycles. The Hall–Kier alpha value is -2.95. The molecule has 25 heavy (non-hydrogen) atoms. The molecule has 0 atom stereocenters. The maximum absolute atomic E-state index is 14.2. The number of hydrogen-bond donors (Lipinski definition) is 1. The standard InChI is InChI=1S/C20H18FN3O/c21-16-8-1-5-14-6-4-12-24(20(14)16)13-19(25)23-18-10-2-9-17-15(18)7-3-11-22-17/h1-3,5,7-11H,4,6,12-13H2,(H,23,25). The van der Waals surface area contributed by atoms with Crippen LogP contribution in [0.1, 0.15) is 12.0 Å². The minimum atomic E-state index is -0.264. The van der Waals surface area contributed by atoms with Gasteiger partial charge in [-0.2, -0.15) is 0 Å². The molecular weight excluding hydrogens is 317 g/mol. The molecule has 0 spiro atoms. The summed E-state index contributed by atoms with van der Waals surface area (Å²) >= 11 is 0. The zero-order valence-corrected chi connectivity index (χ0v) is 13.7. The zero-order chi connectivity index (χ0) is 17.2. The van der Waals surface area contributed by atoms with Crippen molar-refractivity contribution in [2.75, 3.05) is 23.3 Å². The van der Waals surface area contributed by atoms with Crippen molar-refractivity contribution in [2.45, 2.75) is 12.8 Å². The number of fused-ring (bicyclic) bond motifs is 2. The van der Waals surface area contributed by atoms with Crippen LogP contribution < -0.4 is 10.2 Å². The van der Waals surface area contributed by atoms with Crippen molar-refractivity contribution in [3.05, 3.63) is 66.1 Å². The molecule has 5 heteroatoms. The maximum atomic E-state index is 14.2. The second-order valence-electron chi connectivity index (χ2n) is 6.20. The van der Waals surface area contributed by atoms with Gasteiger partial charge in [0.2, 0.25) is 5.91 Å². The quantitative estimate of drug-likeness (QED) is 0.792. The van der Waals surface area contributed by atoms with Crippen molar-refractivity contribution < 1.29 is 9.18 Å². The van der Waals surface area contributed by atoms with Crippen molar-refractivity contribution in [2.24, 2.45) is 0 Å². The molecule has 0 saturated carbocycles. The predicted octanol–water partition coefficient (Wildman–Crippen LogP) is 3.77. The number of halogens is 1. The molecule has 1 amide bonds. The SMILES string of the molecule is O=C(CN1CCCc2cccc(F)c21)Nc1cccc2ncccc12. The van der Waals surface area contributed by atoms with Gasteiger partial charge < -0.3 is 10.2 Å². The average molecular weight is 335 g/mol. The molecular formula is C20H18FN3O. The van der Waals surface area contributed by atoms with Gasteiger partial charge in [0, 0.05) is 18.1 Å². The highest BCUT2D eigenvalue weighted by Crippen LogP contribution is 2.30. The average Bonchev–Trinajstić information content (AvgIpc) is 2.62. The first-order chi connectivity index (χ1) is 12.2. The summed E-state index contributed by atoms with van der Waals surface area (Å²) in [6, 6.07) is 14.5. The largest absolute Gasteiger partial charge is 0.360 e. The van der Waals surface area contributed by atoms with E-state index in [0.717, 1.165) is 35.0 Å². The molecule has 2 aromatic carbocycles. The summed E-state index contributed by atoms with van der Waals surface area (Å²) < 4.78 is 14.2. The number of anilines is 2. The van der Waals surface area contributed by atoms with E-state index in [1.807, 2.05) is 41.3 Å². The van der Waals surface area contributed by atoms with Crippen LogP contribution in [0.15, 0.2) is 54.7 Å². The lowest BCUT2D eigenvalue weighted by Crippen LogP contribution is -2.37. The third-order valence-corrected chi connectivity index (χ3v) is 4.51. The van der Waals surface area contributed by atoms with Crippen molar-refractivity contribution >= 4 is 28.2 Å². The lowest BCUT2D eigenvalue weighted by Gasteiger charge is -2.31. The van der Waals surface area contributed by atoms with Crippen molar-refractivity contribution in [3.63, 3.8) is 0 Å². The van der Waals surface area contributed by atoms with Crippen LogP contribution in [-0.4, -0.2) is 24.0 Å². The molecule has 1 aliphatic heterocycles. The highest BCUT2D eigenvalue weighted by molar-refractivity contribution is 6.02. The Morgan fingerprint density at radius 2 is 2.04 bits per heavy atom. The van der Waals surface area contributed by atoms with E-state index in [2.05, 4.69) is 10.3 Å². The number of hydrogen-bond acceptors (Lipinski definition) is 3. The minimum absolute atomic E-state index is 0.130. The monoisotopic (exact) mass is 335 g/mol. The summed E-state index contributed by atoms with van der Waals surface area (Å²) in [6.45, 7) is 0.809. The van der Waals surface area contributed by atoms with Crippen molar-refractivity contribution in [3.8, 4) is 0 Å². The summed E-state index contributed by atoms with van der Waals surface area (Å²) in [5, 5.41) is 3.83. The topological polar surface area (TPSA) is 45.2 Å². The number of nitrogens with one attached hydrogen (secondary N) is 1. The fraction of sp³-hybridized carbons (Fsp3) is 0.200. The van der Waals surface area contributed by atoms with Gasteiger partial charge in [-0.25, -0.2) is 4.39 Å². The van der Waals surface area contributed by atoms with E-state index in [1.165, 1.54) is 6.07 Å². The number of pyridine rings is 1. The van der Waals surface area contributed by atoms with Crippen LogP contribution in [0.2, 0.25) is 0 Å². The summed E-state index contributed by atoms with van der Waals surface area (Å²) in [6.07, 6.45) is 3.49. The first-order valence-corrected chi connectivity index (χ1v) is 8.38. The third kappa shape index (κ3) is 3.05. The maximum Gasteiger partial charge on any atom is 0.243 e. The van der Waals surface area contributed by atoms with Gasteiger partial charge in [-0.3, -0.25) is 9.78 Å². The van der Waals surface area contributed by atoms with E-state index >= 15 is 0 Å². The lowest BCUT2D eigenvalue weighted by atomic mass is 10.0. The van der Waals surface area contributed by atoms with E-state index in [-0.39, 0.29) is 18.3 Å². The van der Waals surface area contributed by atoms with Gasteiger partial charge in [0.25, 0.3) is 0 Å². The Morgan fingerprint density at radius 3 is 2.96 bits per heavy atom. The van der Waals surface area contributed by atoms with Crippen LogP contribution in [-0.2, 0) is 11.2 Å².